The Morgan fingerprint density at radius 2 is 1.74 bits per heavy atom. The zero-order chi connectivity index (χ0) is 23.3. The topological polar surface area (TPSA) is 86.3 Å². The molecule has 34 heavy (non-hydrogen) atoms. The molecule has 0 saturated carbocycles. The van der Waals surface area contributed by atoms with E-state index in [9.17, 15) is 9.90 Å². The Kier molecular flexibility index (Phi) is 6.46. The van der Waals surface area contributed by atoms with Crippen molar-refractivity contribution >= 4 is 11.6 Å². The van der Waals surface area contributed by atoms with Crippen LogP contribution < -0.4 is 14.8 Å². The fourth-order valence-corrected chi connectivity index (χ4v) is 3.94. The van der Waals surface area contributed by atoms with Crippen LogP contribution in [0.4, 0.5) is 5.69 Å². The number of amides is 1. The third-order valence-corrected chi connectivity index (χ3v) is 5.78. The molecule has 7 nitrogen and oxygen atoms in total. The zero-order valence-electron chi connectivity index (χ0n) is 18.5. The molecular weight excluding hydrogens is 434 g/mol. The number of ether oxygens (including phenoxy) is 4. The molecule has 3 aromatic rings. The largest absolute Gasteiger partial charge is 0.459 e. The van der Waals surface area contributed by atoms with Crippen LogP contribution in [0.3, 0.4) is 0 Å². The fraction of sp³-hybridized carbons (Fsp3) is 0.222. The highest BCUT2D eigenvalue weighted by Gasteiger charge is 2.30. The Morgan fingerprint density at radius 1 is 0.971 bits per heavy atom. The van der Waals surface area contributed by atoms with E-state index < -0.39 is 6.29 Å². The molecule has 0 radical (unpaired) electrons. The maximum Gasteiger partial charge on any atom is 0.290 e. The van der Waals surface area contributed by atoms with Gasteiger partial charge in [-0.15, -0.1) is 0 Å². The number of hydrogen-bond acceptors (Lipinski definition) is 6. The van der Waals surface area contributed by atoms with Crippen molar-refractivity contribution in [2.45, 2.75) is 31.8 Å². The van der Waals surface area contributed by atoms with Gasteiger partial charge in [-0.3, -0.25) is 4.79 Å². The summed E-state index contributed by atoms with van der Waals surface area (Å²) in [6.07, 6.45) is 1.75. The number of aliphatic hydroxyl groups is 1. The smallest absolute Gasteiger partial charge is 0.290 e. The number of fused-ring (bicyclic) bond motifs is 1. The van der Waals surface area contributed by atoms with Crippen molar-refractivity contribution < 1.29 is 28.8 Å². The molecule has 3 aromatic carbocycles. The van der Waals surface area contributed by atoms with E-state index >= 15 is 0 Å². The number of rotatable bonds is 7. The molecular formula is C27H25NO6. The van der Waals surface area contributed by atoms with Crippen LogP contribution in [0.15, 0.2) is 84.6 Å². The fourth-order valence-electron chi connectivity index (χ4n) is 3.94. The molecule has 2 heterocycles. The first-order valence-corrected chi connectivity index (χ1v) is 11.1. The van der Waals surface area contributed by atoms with E-state index in [0.29, 0.717) is 30.2 Å². The van der Waals surface area contributed by atoms with Gasteiger partial charge in [0.05, 0.1) is 13.2 Å². The molecule has 5 rings (SSSR count). The molecule has 0 unspecified atom stereocenters. The van der Waals surface area contributed by atoms with Crippen LogP contribution in [0.2, 0.25) is 0 Å². The highest BCUT2D eigenvalue weighted by Crippen LogP contribution is 2.38. The molecule has 2 aliphatic rings. The summed E-state index contributed by atoms with van der Waals surface area (Å²) in [6, 6.07) is 22.5. The third kappa shape index (κ3) is 5.06. The zero-order valence-corrected chi connectivity index (χ0v) is 18.5. The van der Waals surface area contributed by atoms with E-state index in [0.717, 1.165) is 16.7 Å². The molecule has 0 saturated heterocycles. The van der Waals surface area contributed by atoms with Crippen LogP contribution in [0.5, 0.6) is 11.5 Å². The van der Waals surface area contributed by atoms with Crippen molar-refractivity contribution in [3.05, 3.63) is 101 Å². The van der Waals surface area contributed by atoms with E-state index in [4.69, 9.17) is 18.9 Å². The Balaban J connectivity index is 1.35. The number of carbonyl (C=O) groups excluding carboxylic acids is 1. The summed E-state index contributed by atoms with van der Waals surface area (Å²) >= 11 is 0. The summed E-state index contributed by atoms with van der Waals surface area (Å²) < 4.78 is 23.0. The minimum absolute atomic E-state index is 0.00519. The van der Waals surface area contributed by atoms with Crippen LogP contribution in [-0.4, -0.2) is 24.1 Å². The molecule has 7 heteroatoms. The van der Waals surface area contributed by atoms with E-state index in [-0.39, 0.29) is 31.0 Å². The summed E-state index contributed by atoms with van der Waals surface area (Å²) in [5.74, 6) is 1.16. The van der Waals surface area contributed by atoms with E-state index in [1.165, 1.54) is 0 Å². The number of anilines is 1. The minimum Gasteiger partial charge on any atom is -0.459 e. The number of aliphatic hydroxyl groups excluding tert-OH is 1. The van der Waals surface area contributed by atoms with Crippen molar-refractivity contribution in [3.63, 3.8) is 0 Å². The standard InChI is InChI=1S/C27H25NO6/c29-15-18-6-8-19(9-7-18)16-31-26-14-21(20-10-11-23-24(12-20)33-17-32-23)13-25(34-26)27(30)28-22-4-2-1-3-5-22/h1-13,21,26,29H,14-17H2,(H,28,30)/t21-,26+/m0/s1. The average molecular weight is 459 g/mol. The number of benzene rings is 3. The van der Waals surface area contributed by atoms with Crippen LogP contribution in [0.1, 0.15) is 29.0 Å². The van der Waals surface area contributed by atoms with Gasteiger partial charge in [-0.1, -0.05) is 48.5 Å². The molecule has 2 aliphatic heterocycles. The van der Waals surface area contributed by atoms with Gasteiger partial charge in [0.25, 0.3) is 5.91 Å². The third-order valence-electron chi connectivity index (χ3n) is 5.78. The van der Waals surface area contributed by atoms with E-state index in [2.05, 4.69) is 5.32 Å². The predicted octanol–water partition coefficient (Wildman–Crippen LogP) is 4.48. The molecule has 174 valence electrons. The lowest BCUT2D eigenvalue weighted by molar-refractivity contribution is -0.147. The first kappa shape index (κ1) is 22.0. The lowest BCUT2D eigenvalue weighted by atomic mass is 9.92. The lowest BCUT2D eigenvalue weighted by Gasteiger charge is -2.29. The van der Waals surface area contributed by atoms with Crippen molar-refractivity contribution in [1.82, 2.24) is 0 Å². The second-order valence-corrected chi connectivity index (χ2v) is 8.14. The summed E-state index contributed by atoms with van der Waals surface area (Å²) in [5, 5.41) is 12.1. The van der Waals surface area contributed by atoms with Gasteiger partial charge >= 0.3 is 0 Å². The number of allylic oxidation sites excluding steroid dienone is 1. The van der Waals surface area contributed by atoms with Gasteiger partial charge in [-0.05, 0) is 47.0 Å². The van der Waals surface area contributed by atoms with Gasteiger partial charge in [-0.25, -0.2) is 0 Å². The van der Waals surface area contributed by atoms with Gasteiger partial charge in [0.2, 0.25) is 13.1 Å². The van der Waals surface area contributed by atoms with Crippen LogP contribution in [-0.2, 0) is 27.5 Å². The Morgan fingerprint density at radius 3 is 2.53 bits per heavy atom. The number of para-hydroxylation sites is 1. The first-order valence-electron chi connectivity index (χ1n) is 11.1. The van der Waals surface area contributed by atoms with Gasteiger partial charge < -0.3 is 29.4 Å². The lowest BCUT2D eigenvalue weighted by Crippen LogP contribution is -2.29. The second-order valence-electron chi connectivity index (χ2n) is 8.14. The van der Waals surface area contributed by atoms with Crippen molar-refractivity contribution in [1.29, 1.82) is 0 Å². The predicted molar refractivity (Wildman–Crippen MR) is 125 cm³/mol. The molecule has 0 aliphatic carbocycles. The van der Waals surface area contributed by atoms with Gasteiger partial charge in [0.15, 0.2) is 17.3 Å². The Labute approximate surface area is 197 Å². The molecule has 1 amide bonds. The summed E-state index contributed by atoms with van der Waals surface area (Å²) in [5.41, 5.74) is 3.45. The molecule has 2 N–H and O–H groups in total. The molecule has 0 spiro atoms. The van der Waals surface area contributed by atoms with E-state index in [1.807, 2.05) is 78.9 Å². The minimum atomic E-state index is -0.616. The number of nitrogens with one attached hydrogen (secondary N) is 1. The maximum absolute atomic E-state index is 13.0. The number of carbonyl (C=O) groups is 1. The molecule has 2 atom stereocenters. The van der Waals surface area contributed by atoms with Crippen molar-refractivity contribution in [2.24, 2.45) is 0 Å². The van der Waals surface area contributed by atoms with Crippen molar-refractivity contribution in [3.8, 4) is 11.5 Å². The molecule has 0 fully saturated rings. The van der Waals surface area contributed by atoms with Crippen LogP contribution >= 0.6 is 0 Å². The average Bonchev–Trinajstić information content (AvgIpc) is 3.36. The van der Waals surface area contributed by atoms with E-state index in [1.54, 1.807) is 0 Å². The van der Waals surface area contributed by atoms with Crippen LogP contribution in [0.25, 0.3) is 0 Å². The first-order chi connectivity index (χ1) is 16.7. The molecule has 0 bridgehead atoms. The SMILES string of the molecule is O=C(Nc1ccccc1)C1=C[C@H](c2ccc3c(c2)OCO3)C[C@H](OCc2ccc(CO)cc2)O1. The molecule has 0 aromatic heterocycles. The second kappa shape index (κ2) is 9.99. The maximum atomic E-state index is 13.0. The summed E-state index contributed by atoms with van der Waals surface area (Å²) in [7, 11) is 0. The van der Waals surface area contributed by atoms with Gasteiger partial charge in [0.1, 0.15) is 0 Å². The van der Waals surface area contributed by atoms with Crippen molar-refractivity contribution in [2.75, 3.05) is 12.1 Å². The van der Waals surface area contributed by atoms with Crippen LogP contribution in [0, 0.1) is 0 Å². The highest BCUT2D eigenvalue weighted by atomic mass is 16.7. The highest BCUT2D eigenvalue weighted by molar-refractivity contribution is 6.02. The quantitative estimate of drug-likeness (QED) is 0.542. The Hall–Kier alpha value is -3.81. The summed E-state index contributed by atoms with van der Waals surface area (Å²) in [6.45, 7) is 0.514. The monoisotopic (exact) mass is 459 g/mol. The summed E-state index contributed by atoms with van der Waals surface area (Å²) in [4.78, 5) is 13.0. The normalized spacial score (nSPS) is 18.7. The number of hydrogen-bond donors (Lipinski definition) is 2. The Bertz CT molecular complexity index is 1180. The van der Waals surface area contributed by atoms with Gasteiger partial charge in [0, 0.05) is 18.0 Å². The van der Waals surface area contributed by atoms with Gasteiger partial charge in [-0.2, -0.15) is 0 Å².